The van der Waals surface area contributed by atoms with Gasteiger partial charge in [-0.05, 0) is 44.9 Å². The molecule has 132 valence electrons. The second kappa shape index (κ2) is 12.4. The second-order valence-corrected chi connectivity index (χ2v) is 7.35. The molecule has 0 saturated carbocycles. The summed E-state index contributed by atoms with van der Waals surface area (Å²) in [5.41, 5.74) is 0. The second-order valence-electron chi connectivity index (χ2n) is 6.37. The summed E-state index contributed by atoms with van der Waals surface area (Å²) in [5.74, 6) is 1.44. The number of rotatable bonds is 11. The molecule has 0 amide bonds. The highest BCUT2D eigenvalue weighted by Gasteiger charge is 2.07. The van der Waals surface area contributed by atoms with E-state index in [1.165, 1.54) is 43.5 Å². The Morgan fingerprint density at radius 2 is 1.91 bits per heavy atom. The van der Waals surface area contributed by atoms with E-state index in [4.69, 9.17) is 0 Å². The van der Waals surface area contributed by atoms with Gasteiger partial charge in [0, 0.05) is 30.9 Å². The van der Waals surface area contributed by atoms with Crippen LogP contribution in [0.25, 0.3) is 0 Å². The van der Waals surface area contributed by atoms with Crippen LogP contribution in [0.15, 0.2) is 22.5 Å². The van der Waals surface area contributed by atoms with Crippen LogP contribution in [0.3, 0.4) is 0 Å². The molecule has 0 spiro atoms. The fourth-order valence-corrected chi connectivity index (χ4v) is 3.22. The molecule has 4 nitrogen and oxygen atoms in total. The quantitative estimate of drug-likeness (QED) is 0.368. The van der Waals surface area contributed by atoms with Crippen molar-refractivity contribution in [2.45, 2.75) is 44.9 Å². The van der Waals surface area contributed by atoms with Crippen LogP contribution >= 0.6 is 11.3 Å². The third-order valence-corrected chi connectivity index (χ3v) is 5.01. The Morgan fingerprint density at radius 3 is 2.57 bits per heavy atom. The maximum absolute atomic E-state index is 4.30. The zero-order valence-electron chi connectivity index (χ0n) is 15.3. The molecule has 1 aromatic rings. The average molecular weight is 339 g/mol. The molecule has 1 rings (SSSR count). The van der Waals surface area contributed by atoms with Crippen LogP contribution < -0.4 is 10.6 Å². The lowest BCUT2D eigenvalue weighted by atomic mass is 10.1. The van der Waals surface area contributed by atoms with Crippen molar-refractivity contribution in [2.75, 3.05) is 40.8 Å². The van der Waals surface area contributed by atoms with E-state index < -0.39 is 0 Å². The van der Waals surface area contributed by atoms with Crippen molar-refractivity contribution in [2.24, 2.45) is 4.99 Å². The number of hydrogen-bond acceptors (Lipinski definition) is 3. The van der Waals surface area contributed by atoms with Gasteiger partial charge in [0.25, 0.3) is 0 Å². The summed E-state index contributed by atoms with van der Waals surface area (Å²) < 4.78 is 0. The van der Waals surface area contributed by atoms with Gasteiger partial charge in [-0.3, -0.25) is 4.99 Å². The minimum absolute atomic E-state index is 0.519. The fraction of sp³-hybridized carbons (Fsp3) is 0.722. The van der Waals surface area contributed by atoms with Gasteiger partial charge < -0.3 is 15.5 Å². The molecule has 23 heavy (non-hydrogen) atoms. The van der Waals surface area contributed by atoms with Gasteiger partial charge in [-0.1, -0.05) is 32.3 Å². The number of thiophene rings is 1. The summed E-state index contributed by atoms with van der Waals surface area (Å²) in [7, 11) is 6.12. The van der Waals surface area contributed by atoms with Gasteiger partial charge in [0.05, 0.1) is 0 Å². The van der Waals surface area contributed by atoms with Crippen molar-refractivity contribution in [1.29, 1.82) is 0 Å². The van der Waals surface area contributed by atoms with Gasteiger partial charge in [0.15, 0.2) is 5.96 Å². The highest BCUT2D eigenvalue weighted by atomic mass is 32.1. The van der Waals surface area contributed by atoms with Gasteiger partial charge in [-0.25, -0.2) is 0 Å². The standard InChI is InChI=1S/C18H34N4S/c1-16(17-11-10-14-23-17)15-21-18(19-2)20-12-8-6-5-7-9-13-22(3)4/h10-11,14,16H,5-9,12-13,15H2,1-4H3,(H2,19,20,21). The number of aliphatic imine (C=N–C) groups is 1. The summed E-state index contributed by atoms with van der Waals surface area (Å²) in [5, 5.41) is 8.97. The number of nitrogens with zero attached hydrogens (tertiary/aromatic N) is 2. The predicted octanol–water partition coefficient (Wildman–Crippen LogP) is 3.53. The largest absolute Gasteiger partial charge is 0.356 e. The van der Waals surface area contributed by atoms with E-state index in [0.717, 1.165) is 19.0 Å². The van der Waals surface area contributed by atoms with Crippen LogP contribution in [0.2, 0.25) is 0 Å². The van der Waals surface area contributed by atoms with Crippen molar-refractivity contribution in [3.63, 3.8) is 0 Å². The average Bonchev–Trinajstić information content (AvgIpc) is 3.06. The van der Waals surface area contributed by atoms with E-state index >= 15 is 0 Å². The Balaban J connectivity index is 2.04. The first-order valence-corrected chi connectivity index (χ1v) is 9.64. The number of unbranched alkanes of at least 4 members (excludes halogenated alkanes) is 4. The van der Waals surface area contributed by atoms with Crippen LogP contribution in [-0.2, 0) is 0 Å². The topological polar surface area (TPSA) is 39.7 Å². The maximum Gasteiger partial charge on any atom is 0.190 e. The maximum atomic E-state index is 4.30. The molecular formula is C18H34N4S. The van der Waals surface area contributed by atoms with E-state index in [9.17, 15) is 0 Å². The van der Waals surface area contributed by atoms with Crippen molar-refractivity contribution in [3.05, 3.63) is 22.4 Å². The third kappa shape index (κ3) is 9.61. The molecule has 1 aromatic heterocycles. The van der Waals surface area contributed by atoms with Crippen LogP contribution in [0, 0.1) is 0 Å². The molecule has 0 aromatic carbocycles. The minimum Gasteiger partial charge on any atom is -0.356 e. The van der Waals surface area contributed by atoms with Crippen molar-refractivity contribution < 1.29 is 0 Å². The molecule has 0 aliphatic carbocycles. The Bertz CT molecular complexity index is 415. The highest BCUT2D eigenvalue weighted by Crippen LogP contribution is 2.19. The summed E-state index contributed by atoms with van der Waals surface area (Å²) in [6.45, 7) is 5.38. The molecule has 0 aliphatic rings. The lowest BCUT2D eigenvalue weighted by molar-refractivity contribution is 0.389. The summed E-state index contributed by atoms with van der Waals surface area (Å²) >= 11 is 1.82. The third-order valence-electron chi connectivity index (χ3n) is 3.90. The molecule has 0 radical (unpaired) electrons. The van der Waals surface area contributed by atoms with Crippen molar-refractivity contribution >= 4 is 17.3 Å². The first kappa shape index (κ1) is 20.0. The molecule has 0 saturated heterocycles. The highest BCUT2D eigenvalue weighted by molar-refractivity contribution is 7.10. The van der Waals surface area contributed by atoms with E-state index in [1.54, 1.807) is 0 Å². The van der Waals surface area contributed by atoms with Gasteiger partial charge in [0.1, 0.15) is 0 Å². The van der Waals surface area contributed by atoms with Crippen LogP contribution in [0.4, 0.5) is 0 Å². The van der Waals surface area contributed by atoms with Gasteiger partial charge in [-0.2, -0.15) is 0 Å². The van der Waals surface area contributed by atoms with Gasteiger partial charge >= 0.3 is 0 Å². The van der Waals surface area contributed by atoms with Gasteiger partial charge in [0.2, 0.25) is 0 Å². The summed E-state index contributed by atoms with van der Waals surface area (Å²) in [4.78, 5) is 7.98. The molecule has 0 fully saturated rings. The molecule has 2 N–H and O–H groups in total. The molecule has 5 heteroatoms. The van der Waals surface area contributed by atoms with E-state index in [2.05, 4.69) is 59.1 Å². The lowest BCUT2D eigenvalue weighted by Gasteiger charge is -2.15. The Labute approximate surface area is 146 Å². The van der Waals surface area contributed by atoms with E-state index in [-0.39, 0.29) is 0 Å². The van der Waals surface area contributed by atoms with Crippen LogP contribution in [-0.4, -0.2) is 51.6 Å². The van der Waals surface area contributed by atoms with Crippen molar-refractivity contribution in [1.82, 2.24) is 15.5 Å². The Hall–Kier alpha value is -1.07. The zero-order valence-corrected chi connectivity index (χ0v) is 16.1. The Kier molecular flexibility index (Phi) is 10.7. The normalized spacial score (nSPS) is 13.3. The van der Waals surface area contributed by atoms with E-state index in [1.807, 2.05) is 18.4 Å². The summed E-state index contributed by atoms with van der Waals surface area (Å²) in [6, 6.07) is 4.31. The van der Waals surface area contributed by atoms with Crippen molar-refractivity contribution in [3.8, 4) is 0 Å². The number of guanidine groups is 1. The van der Waals surface area contributed by atoms with E-state index in [0.29, 0.717) is 5.92 Å². The van der Waals surface area contributed by atoms with Crippen LogP contribution in [0.5, 0.6) is 0 Å². The monoisotopic (exact) mass is 338 g/mol. The molecular weight excluding hydrogens is 304 g/mol. The SMILES string of the molecule is CN=C(NCCCCCCCN(C)C)NCC(C)c1cccs1. The summed E-state index contributed by atoms with van der Waals surface area (Å²) in [6.07, 6.45) is 6.48. The Morgan fingerprint density at radius 1 is 1.17 bits per heavy atom. The fourth-order valence-electron chi connectivity index (χ4n) is 2.43. The lowest BCUT2D eigenvalue weighted by Crippen LogP contribution is -2.39. The number of nitrogens with one attached hydrogen (secondary N) is 2. The zero-order chi connectivity index (χ0) is 16.9. The smallest absolute Gasteiger partial charge is 0.190 e. The molecule has 0 aliphatic heterocycles. The predicted molar refractivity (Wildman–Crippen MR) is 104 cm³/mol. The van der Waals surface area contributed by atoms with Gasteiger partial charge in [-0.15, -0.1) is 11.3 Å². The number of hydrogen-bond donors (Lipinski definition) is 2. The first-order chi connectivity index (χ1) is 11.1. The minimum atomic E-state index is 0.519. The molecule has 0 bridgehead atoms. The molecule has 1 atom stereocenters. The molecule has 1 heterocycles. The van der Waals surface area contributed by atoms with Crippen LogP contribution in [0.1, 0.15) is 49.8 Å². The molecule has 1 unspecified atom stereocenters. The first-order valence-electron chi connectivity index (χ1n) is 8.76.